The highest BCUT2D eigenvalue weighted by molar-refractivity contribution is 6.00. The molecular weight excluding hydrogens is 214 g/mol. The minimum atomic E-state index is -0.0568. The zero-order chi connectivity index (χ0) is 12.5. The van der Waals surface area contributed by atoms with E-state index in [4.69, 9.17) is 5.84 Å². The van der Waals surface area contributed by atoms with Crippen LogP contribution in [0.1, 0.15) is 37.0 Å². The van der Waals surface area contributed by atoms with Crippen LogP contribution in [-0.2, 0) is 0 Å². The van der Waals surface area contributed by atoms with Crippen LogP contribution in [0.4, 0.5) is 5.69 Å². The number of anilines is 1. The Balaban J connectivity index is 2.31. The lowest BCUT2D eigenvalue weighted by Gasteiger charge is -2.32. The number of hydrogen-bond acceptors (Lipinski definition) is 3. The maximum absolute atomic E-state index is 12.5. The fourth-order valence-electron chi connectivity index (χ4n) is 2.42. The van der Waals surface area contributed by atoms with E-state index in [0.29, 0.717) is 11.3 Å². The number of carbonyl (C=O) groups is 1. The van der Waals surface area contributed by atoms with Crippen LogP contribution >= 0.6 is 0 Å². The van der Waals surface area contributed by atoms with Crippen LogP contribution in [0.25, 0.3) is 0 Å². The summed E-state index contributed by atoms with van der Waals surface area (Å²) >= 11 is 0. The Kier molecular flexibility index (Phi) is 3.07. The van der Waals surface area contributed by atoms with Crippen LogP contribution in [0.2, 0.25) is 0 Å². The number of benzene rings is 1. The fourth-order valence-corrected chi connectivity index (χ4v) is 2.42. The summed E-state index contributed by atoms with van der Waals surface area (Å²) < 4.78 is 0. The maximum atomic E-state index is 12.5. The summed E-state index contributed by atoms with van der Waals surface area (Å²) in [4.78, 5) is 14.4. The van der Waals surface area contributed by atoms with Gasteiger partial charge in [-0.3, -0.25) is 10.6 Å². The summed E-state index contributed by atoms with van der Waals surface area (Å²) in [7, 11) is 0. The molecule has 0 radical (unpaired) electrons. The highest BCUT2D eigenvalue weighted by Crippen LogP contribution is 2.30. The lowest BCUT2D eigenvalue weighted by atomic mass is 10.0. The van der Waals surface area contributed by atoms with Crippen molar-refractivity contribution >= 4 is 11.6 Å². The van der Waals surface area contributed by atoms with E-state index in [1.807, 2.05) is 29.2 Å². The average Bonchev–Trinajstić information content (AvgIpc) is 2.68. The van der Waals surface area contributed by atoms with Crippen molar-refractivity contribution < 1.29 is 4.79 Å². The molecule has 1 heterocycles. The molecule has 0 aliphatic carbocycles. The van der Waals surface area contributed by atoms with Gasteiger partial charge in [0.25, 0.3) is 5.91 Å². The Labute approximate surface area is 102 Å². The predicted octanol–water partition coefficient (Wildman–Crippen LogP) is 1.99. The van der Waals surface area contributed by atoms with Crippen LogP contribution < -0.4 is 11.3 Å². The number of rotatable bonds is 2. The van der Waals surface area contributed by atoms with Gasteiger partial charge in [-0.15, -0.1) is 0 Å². The molecule has 4 heteroatoms. The van der Waals surface area contributed by atoms with E-state index in [-0.39, 0.29) is 11.4 Å². The van der Waals surface area contributed by atoms with Gasteiger partial charge >= 0.3 is 0 Å². The number of likely N-dealkylation sites (tertiary alicyclic amines) is 1. The van der Waals surface area contributed by atoms with Gasteiger partial charge in [-0.25, -0.2) is 0 Å². The van der Waals surface area contributed by atoms with Crippen LogP contribution in [-0.4, -0.2) is 22.9 Å². The number of amides is 1. The van der Waals surface area contributed by atoms with Crippen molar-refractivity contribution in [3.05, 3.63) is 29.8 Å². The molecule has 0 bridgehead atoms. The van der Waals surface area contributed by atoms with E-state index < -0.39 is 0 Å². The molecule has 0 aromatic heterocycles. The Morgan fingerprint density at radius 2 is 2.12 bits per heavy atom. The lowest BCUT2D eigenvalue weighted by Crippen LogP contribution is -2.42. The summed E-state index contributed by atoms with van der Waals surface area (Å²) in [6.07, 6.45) is 2.12. The average molecular weight is 233 g/mol. The predicted molar refractivity (Wildman–Crippen MR) is 68.6 cm³/mol. The first-order valence-electron chi connectivity index (χ1n) is 5.94. The third-order valence-corrected chi connectivity index (χ3v) is 3.46. The van der Waals surface area contributed by atoms with Crippen molar-refractivity contribution in [2.24, 2.45) is 5.84 Å². The number of nitrogens with two attached hydrogens (primary N) is 1. The zero-order valence-electron chi connectivity index (χ0n) is 10.4. The molecular formula is C13H19N3O. The summed E-state index contributed by atoms with van der Waals surface area (Å²) in [5.41, 5.74) is 3.85. The molecule has 1 aromatic rings. The van der Waals surface area contributed by atoms with Crippen molar-refractivity contribution in [1.29, 1.82) is 0 Å². The summed E-state index contributed by atoms with van der Waals surface area (Å²) in [6.45, 7) is 5.04. The summed E-state index contributed by atoms with van der Waals surface area (Å²) in [5.74, 6) is 5.49. The van der Waals surface area contributed by atoms with Gasteiger partial charge in [0.05, 0.1) is 11.3 Å². The molecule has 1 fully saturated rings. The summed E-state index contributed by atoms with van der Waals surface area (Å²) in [6, 6.07) is 7.35. The van der Waals surface area contributed by atoms with Gasteiger partial charge in [0.1, 0.15) is 0 Å². The molecule has 0 unspecified atom stereocenters. The Morgan fingerprint density at radius 3 is 2.71 bits per heavy atom. The van der Waals surface area contributed by atoms with E-state index in [0.717, 1.165) is 19.4 Å². The van der Waals surface area contributed by atoms with E-state index >= 15 is 0 Å². The molecule has 3 N–H and O–H groups in total. The van der Waals surface area contributed by atoms with Gasteiger partial charge < -0.3 is 10.3 Å². The largest absolute Gasteiger partial charge is 0.333 e. The smallest absolute Gasteiger partial charge is 0.256 e. The first-order chi connectivity index (χ1) is 8.06. The van der Waals surface area contributed by atoms with Gasteiger partial charge in [-0.2, -0.15) is 0 Å². The van der Waals surface area contributed by atoms with Crippen LogP contribution in [0.5, 0.6) is 0 Å². The normalized spacial score (nSPS) is 18.2. The maximum Gasteiger partial charge on any atom is 0.256 e. The lowest BCUT2D eigenvalue weighted by molar-refractivity contribution is 0.0653. The van der Waals surface area contributed by atoms with E-state index in [1.54, 1.807) is 0 Å². The SMILES string of the molecule is CC1(C)CCCN1C(=O)c1ccccc1NN. The molecule has 1 aliphatic heterocycles. The molecule has 1 amide bonds. The van der Waals surface area contributed by atoms with Crippen LogP contribution in [0, 0.1) is 0 Å². The topological polar surface area (TPSA) is 58.4 Å². The molecule has 1 saturated heterocycles. The number of hydrazine groups is 1. The van der Waals surface area contributed by atoms with Gasteiger partial charge in [-0.1, -0.05) is 12.1 Å². The van der Waals surface area contributed by atoms with Crippen molar-refractivity contribution in [1.82, 2.24) is 4.90 Å². The van der Waals surface area contributed by atoms with Gasteiger partial charge in [0, 0.05) is 12.1 Å². The quantitative estimate of drug-likeness (QED) is 0.606. The van der Waals surface area contributed by atoms with Crippen LogP contribution in [0.3, 0.4) is 0 Å². The van der Waals surface area contributed by atoms with Crippen molar-refractivity contribution in [2.45, 2.75) is 32.2 Å². The van der Waals surface area contributed by atoms with E-state index in [9.17, 15) is 4.79 Å². The van der Waals surface area contributed by atoms with E-state index in [1.165, 1.54) is 0 Å². The second-order valence-corrected chi connectivity index (χ2v) is 5.06. The fraction of sp³-hybridized carbons (Fsp3) is 0.462. The van der Waals surface area contributed by atoms with E-state index in [2.05, 4.69) is 19.3 Å². The minimum Gasteiger partial charge on any atom is -0.333 e. The molecule has 2 rings (SSSR count). The molecule has 0 atom stereocenters. The number of nitrogens with one attached hydrogen (secondary N) is 1. The third kappa shape index (κ3) is 2.13. The number of nitrogen functional groups attached to an aromatic ring is 1. The molecule has 1 aliphatic rings. The number of carbonyl (C=O) groups excluding carboxylic acids is 1. The monoisotopic (exact) mass is 233 g/mol. The first-order valence-corrected chi connectivity index (χ1v) is 5.94. The molecule has 17 heavy (non-hydrogen) atoms. The highest BCUT2D eigenvalue weighted by atomic mass is 16.2. The number of para-hydroxylation sites is 1. The Bertz CT molecular complexity index is 428. The molecule has 1 aromatic carbocycles. The standard InChI is InChI=1S/C13H19N3O/c1-13(2)8-5-9-16(13)12(17)10-6-3-4-7-11(10)15-14/h3-4,6-7,15H,5,8-9,14H2,1-2H3. The Morgan fingerprint density at radius 1 is 1.41 bits per heavy atom. The molecule has 0 saturated carbocycles. The zero-order valence-corrected chi connectivity index (χ0v) is 10.4. The second kappa shape index (κ2) is 4.37. The number of hydrogen-bond donors (Lipinski definition) is 2. The van der Waals surface area contributed by atoms with Crippen molar-refractivity contribution in [3.63, 3.8) is 0 Å². The Hall–Kier alpha value is -1.55. The van der Waals surface area contributed by atoms with Crippen LogP contribution in [0.15, 0.2) is 24.3 Å². The first kappa shape index (κ1) is 11.9. The molecule has 0 spiro atoms. The minimum absolute atomic E-state index is 0.0565. The van der Waals surface area contributed by atoms with Gasteiger partial charge in [0.15, 0.2) is 0 Å². The van der Waals surface area contributed by atoms with Gasteiger partial charge in [-0.05, 0) is 38.8 Å². The van der Waals surface area contributed by atoms with Crippen molar-refractivity contribution in [3.8, 4) is 0 Å². The number of nitrogens with zero attached hydrogens (tertiary/aromatic N) is 1. The highest BCUT2D eigenvalue weighted by Gasteiger charge is 2.36. The molecule has 4 nitrogen and oxygen atoms in total. The summed E-state index contributed by atoms with van der Waals surface area (Å²) in [5, 5.41) is 0. The van der Waals surface area contributed by atoms with Crippen molar-refractivity contribution in [2.75, 3.05) is 12.0 Å². The molecule has 92 valence electrons. The third-order valence-electron chi connectivity index (χ3n) is 3.46. The van der Waals surface area contributed by atoms with Gasteiger partial charge in [0.2, 0.25) is 0 Å². The second-order valence-electron chi connectivity index (χ2n) is 5.06.